The van der Waals surface area contributed by atoms with Gasteiger partial charge in [0.2, 0.25) is 0 Å². The van der Waals surface area contributed by atoms with E-state index in [1.165, 1.54) is 4.90 Å². The Labute approximate surface area is 138 Å². The van der Waals surface area contributed by atoms with Gasteiger partial charge in [-0.2, -0.15) is 0 Å². The fraction of sp³-hybridized carbons (Fsp3) is 0.529. The van der Waals surface area contributed by atoms with E-state index >= 15 is 0 Å². The Morgan fingerprint density at radius 1 is 1.22 bits per heavy atom. The van der Waals surface area contributed by atoms with Crippen LogP contribution in [-0.4, -0.2) is 37.9 Å². The fourth-order valence-electron chi connectivity index (χ4n) is 2.51. The van der Waals surface area contributed by atoms with E-state index in [4.69, 9.17) is 9.16 Å². The maximum atomic E-state index is 12.4. The highest BCUT2D eigenvalue weighted by Crippen LogP contribution is 2.38. The lowest BCUT2D eigenvalue weighted by atomic mass is 9.91. The molecule has 6 heteroatoms. The lowest BCUT2D eigenvalue weighted by Crippen LogP contribution is -2.63. The summed E-state index contributed by atoms with van der Waals surface area (Å²) in [5.74, 6) is -0.303. The summed E-state index contributed by atoms with van der Waals surface area (Å²) in [6, 6.07) is 9.11. The van der Waals surface area contributed by atoms with Crippen LogP contribution < -0.4 is 0 Å². The minimum Gasteiger partial charge on any atom is -0.449 e. The smallest absolute Gasteiger partial charge is 0.417 e. The van der Waals surface area contributed by atoms with Crippen molar-refractivity contribution in [3.8, 4) is 0 Å². The molecule has 2 rings (SSSR count). The van der Waals surface area contributed by atoms with Crippen LogP contribution in [0.5, 0.6) is 0 Å². The van der Waals surface area contributed by atoms with Crippen molar-refractivity contribution in [1.82, 2.24) is 4.90 Å². The molecular formula is C17H25NO4Si. The minimum atomic E-state index is -1.90. The number of rotatable bonds is 6. The first-order valence-corrected chi connectivity index (χ1v) is 11.5. The number of β-lactam (4-membered cyclic amide) rings is 1. The molecule has 126 valence electrons. The summed E-state index contributed by atoms with van der Waals surface area (Å²) < 4.78 is 11.2. The molecule has 0 aliphatic carbocycles. The summed E-state index contributed by atoms with van der Waals surface area (Å²) in [5, 5.41) is 0. The average Bonchev–Trinajstić information content (AvgIpc) is 2.50. The number of nitrogens with zero attached hydrogens (tertiary/aromatic N) is 1. The molecule has 0 aromatic heterocycles. The van der Waals surface area contributed by atoms with Gasteiger partial charge in [-0.3, -0.25) is 4.79 Å². The Morgan fingerprint density at radius 2 is 1.87 bits per heavy atom. The Kier molecular flexibility index (Phi) is 5.59. The van der Waals surface area contributed by atoms with E-state index < -0.39 is 26.6 Å². The molecule has 0 spiro atoms. The van der Waals surface area contributed by atoms with Gasteiger partial charge in [-0.1, -0.05) is 43.7 Å². The summed E-state index contributed by atoms with van der Waals surface area (Å²) in [6.07, 6.45) is 0.555. The first-order chi connectivity index (χ1) is 10.8. The van der Waals surface area contributed by atoms with Gasteiger partial charge < -0.3 is 9.16 Å². The monoisotopic (exact) mass is 335 g/mol. The van der Waals surface area contributed by atoms with Crippen molar-refractivity contribution in [3.05, 3.63) is 35.9 Å². The maximum Gasteiger partial charge on any atom is 0.417 e. The lowest BCUT2D eigenvalue weighted by Gasteiger charge is -2.46. The van der Waals surface area contributed by atoms with E-state index in [1.54, 1.807) is 0 Å². The number of amides is 2. The van der Waals surface area contributed by atoms with Gasteiger partial charge in [0.25, 0.3) is 5.91 Å². The van der Waals surface area contributed by atoms with Crippen LogP contribution in [0.2, 0.25) is 19.6 Å². The molecule has 0 saturated carbocycles. The summed E-state index contributed by atoms with van der Waals surface area (Å²) in [5.41, 5.74) is 0.891. The minimum absolute atomic E-state index is 0.303. The van der Waals surface area contributed by atoms with Crippen LogP contribution in [-0.2, 0) is 14.0 Å². The number of hydrogen-bond donors (Lipinski definition) is 0. The fourth-order valence-corrected chi connectivity index (χ4v) is 3.50. The molecule has 0 radical (unpaired) electrons. The molecule has 0 N–H and O–H groups in total. The average molecular weight is 335 g/mol. The van der Waals surface area contributed by atoms with Crippen molar-refractivity contribution in [1.29, 1.82) is 0 Å². The molecular weight excluding hydrogens is 310 g/mol. The van der Waals surface area contributed by atoms with Crippen LogP contribution in [0, 0.1) is 0 Å². The van der Waals surface area contributed by atoms with Crippen LogP contribution in [0.4, 0.5) is 4.79 Å². The second-order valence-electron chi connectivity index (χ2n) is 6.68. The Morgan fingerprint density at radius 3 is 2.43 bits per heavy atom. The van der Waals surface area contributed by atoms with Crippen LogP contribution in [0.1, 0.15) is 31.4 Å². The van der Waals surface area contributed by atoms with Gasteiger partial charge in [0, 0.05) is 0 Å². The Balaban J connectivity index is 2.17. The zero-order valence-electron chi connectivity index (χ0n) is 14.2. The van der Waals surface area contributed by atoms with Gasteiger partial charge in [0.1, 0.15) is 6.04 Å². The molecule has 1 saturated heterocycles. The van der Waals surface area contributed by atoms with Gasteiger partial charge in [-0.15, -0.1) is 0 Å². The number of imide groups is 1. The van der Waals surface area contributed by atoms with Crippen LogP contribution in [0.25, 0.3) is 0 Å². The van der Waals surface area contributed by atoms with E-state index in [0.29, 0.717) is 6.61 Å². The predicted octanol–water partition coefficient (Wildman–Crippen LogP) is 3.73. The SMILES string of the molecule is CCCCOC(=O)N1C(=O)C(O[Si](C)(C)C)C1c1ccccc1. The number of carbonyl (C=O) groups excluding carboxylic acids is 2. The number of carbonyl (C=O) groups is 2. The van der Waals surface area contributed by atoms with E-state index in [2.05, 4.69) is 0 Å². The van der Waals surface area contributed by atoms with Crippen molar-refractivity contribution in [3.63, 3.8) is 0 Å². The van der Waals surface area contributed by atoms with Crippen LogP contribution >= 0.6 is 0 Å². The van der Waals surface area contributed by atoms with Gasteiger partial charge in [-0.05, 0) is 31.6 Å². The molecule has 1 aromatic carbocycles. The Hall–Kier alpha value is -1.66. The summed E-state index contributed by atoms with van der Waals surface area (Å²) in [4.78, 5) is 25.9. The third-order valence-electron chi connectivity index (χ3n) is 3.59. The summed E-state index contributed by atoms with van der Waals surface area (Å²) in [6.45, 7) is 8.45. The number of likely N-dealkylation sites (tertiary alicyclic amines) is 1. The number of benzene rings is 1. The second-order valence-corrected chi connectivity index (χ2v) is 11.1. The van der Waals surface area contributed by atoms with E-state index in [9.17, 15) is 9.59 Å². The zero-order chi connectivity index (χ0) is 17.0. The van der Waals surface area contributed by atoms with Gasteiger partial charge in [0.05, 0.1) is 6.61 Å². The number of unbranched alkanes of at least 4 members (excludes halogenated alkanes) is 1. The molecule has 1 aromatic rings. The predicted molar refractivity (Wildman–Crippen MR) is 90.5 cm³/mol. The van der Waals surface area contributed by atoms with Gasteiger partial charge in [0.15, 0.2) is 14.4 Å². The standard InChI is InChI=1S/C17H25NO4Si/c1-5-6-12-21-17(20)18-14(13-10-8-7-9-11-13)15(16(18)19)22-23(2,3)4/h7-11,14-15H,5-6,12H2,1-4H3. The second kappa shape index (κ2) is 7.27. The van der Waals surface area contributed by atoms with Crippen molar-refractivity contribution in [2.75, 3.05) is 6.61 Å². The van der Waals surface area contributed by atoms with E-state index in [1.807, 2.05) is 56.9 Å². The molecule has 0 bridgehead atoms. The summed E-state index contributed by atoms with van der Waals surface area (Å²) in [7, 11) is -1.90. The first-order valence-electron chi connectivity index (χ1n) is 8.07. The lowest BCUT2D eigenvalue weighted by molar-refractivity contribution is -0.160. The summed E-state index contributed by atoms with van der Waals surface area (Å²) >= 11 is 0. The molecule has 1 aliphatic heterocycles. The molecule has 2 atom stereocenters. The third-order valence-corrected chi connectivity index (χ3v) is 4.55. The van der Waals surface area contributed by atoms with Crippen LogP contribution in [0.15, 0.2) is 30.3 Å². The van der Waals surface area contributed by atoms with Gasteiger partial charge in [-0.25, -0.2) is 9.69 Å². The van der Waals surface area contributed by atoms with E-state index in [-0.39, 0.29) is 5.91 Å². The molecule has 23 heavy (non-hydrogen) atoms. The van der Waals surface area contributed by atoms with Crippen molar-refractivity contribution >= 4 is 20.3 Å². The molecule has 2 amide bonds. The number of hydrogen-bond acceptors (Lipinski definition) is 4. The molecule has 1 aliphatic rings. The highest BCUT2D eigenvalue weighted by molar-refractivity contribution is 6.70. The van der Waals surface area contributed by atoms with Crippen molar-refractivity contribution in [2.45, 2.75) is 51.6 Å². The topological polar surface area (TPSA) is 55.8 Å². The van der Waals surface area contributed by atoms with E-state index in [0.717, 1.165) is 18.4 Å². The quantitative estimate of drug-likeness (QED) is 0.451. The normalized spacial score (nSPS) is 21.0. The zero-order valence-corrected chi connectivity index (χ0v) is 15.2. The highest BCUT2D eigenvalue weighted by Gasteiger charge is 2.54. The molecule has 1 fully saturated rings. The van der Waals surface area contributed by atoms with Gasteiger partial charge >= 0.3 is 6.09 Å². The number of ether oxygens (including phenoxy) is 1. The van der Waals surface area contributed by atoms with Crippen molar-refractivity contribution in [2.24, 2.45) is 0 Å². The van der Waals surface area contributed by atoms with Crippen molar-refractivity contribution < 1.29 is 18.8 Å². The first kappa shape index (κ1) is 17.7. The largest absolute Gasteiger partial charge is 0.449 e. The van der Waals surface area contributed by atoms with Crippen LogP contribution in [0.3, 0.4) is 0 Å². The molecule has 2 unspecified atom stereocenters. The third kappa shape index (κ3) is 4.20. The maximum absolute atomic E-state index is 12.4. The Bertz CT molecular complexity index is 555. The molecule has 1 heterocycles. The highest BCUT2D eigenvalue weighted by atomic mass is 28.4. The molecule has 5 nitrogen and oxygen atoms in total.